The number of hydrogen-bond acceptors (Lipinski definition) is 0. The molecule has 12 heavy (non-hydrogen) atoms. The van der Waals surface area contributed by atoms with Gasteiger partial charge in [0.15, 0.2) is 0 Å². The van der Waals surface area contributed by atoms with Gasteiger partial charge in [0.25, 0.3) is 0 Å². The first-order valence-corrected chi connectivity index (χ1v) is 4.18. The molecule has 1 heterocycles. The van der Waals surface area contributed by atoms with Crippen molar-refractivity contribution in [3.05, 3.63) is 41.9 Å². The maximum Gasteiger partial charge on any atom is 0.0459 e. The summed E-state index contributed by atoms with van der Waals surface area (Å²) in [6.45, 7) is 4.16. The van der Waals surface area contributed by atoms with Gasteiger partial charge >= 0.3 is 0 Å². The summed E-state index contributed by atoms with van der Waals surface area (Å²) in [7, 11) is 0. The first-order chi connectivity index (χ1) is 5.81. The van der Waals surface area contributed by atoms with E-state index in [1.807, 2.05) is 6.20 Å². The monoisotopic (exact) mass is 158 g/mol. The molecule has 1 radical (unpaired) electrons. The third kappa shape index (κ3) is 1.02. The molecule has 0 saturated heterocycles. The Hall–Kier alpha value is -1.24. The zero-order valence-electron chi connectivity index (χ0n) is 7.39. The molecular weight excluding hydrogens is 146 g/mol. The Balaban J connectivity index is 2.73. The highest BCUT2D eigenvalue weighted by molar-refractivity contribution is 5.84. The van der Waals surface area contributed by atoms with Gasteiger partial charge in [-0.2, -0.15) is 0 Å². The molecule has 0 bridgehead atoms. The van der Waals surface area contributed by atoms with Gasteiger partial charge in [0, 0.05) is 17.1 Å². The summed E-state index contributed by atoms with van der Waals surface area (Å²) in [5.41, 5.74) is 3.81. The van der Waals surface area contributed by atoms with Crippen molar-refractivity contribution >= 4 is 10.9 Å². The fraction of sp³-hybridized carbons (Fsp3) is 0.182. The molecule has 0 spiro atoms. The van der Waals surface area contributed by atoms with Gasteiger partial charge < -0.3 is 4.98 Å². The van der Waals surface area contributed by atoms with Crippen molar-refractivity contribution < 1.29 is 0 Å². The molecule has 61 valence electrons. The Morgan fingerprint density at radius 3 is 2.92 bits per heavy atom. The largest absolute Gasteiger partial charge is 0.361 e. The fourth-order valence-corrected chi connectivity index (χ4v) is 1.50. The molecule has 0 atom stereocenters. The third-order valence-electron chi connectivity index (χ3n) is 2.18. The van der Waals surface area contributed by atoms with E-state index >= 15 is 0 Å². The fourth-order valence-electron chi connectivity index (χ4n) is 1.50. The summed E-state index contributed by atoms with van der Waals surface area (Å²) >= 11 is 0. The second-order valence-corrected chi connectivity index (χ2v) is 3.08. The minimum atomic E-state index is 1.23. The van der Waals surface area contributed by atoms with Crippen molar-refractivity contribution in [3.8, 4) is 0 Å². The lowest BCUT2D eigenvalue weighted by Gasteiger charge is -1.94. The molecule has 1 nitrogen and oxygen atoms in total. The van der Waals surface area contributed by atoms with Gasteiger partial charge in [-0.3, -0.25) is 0 Å². The van der Waals surface area contributed by atoms with E-state index in [1.165, 1.54) is 22.0 Å². The quantitative estimate of drug-likeness (QED) is 0.656. The molecule has 0 aliphatic rings. The van der Waals surface area contributed by atoms with Crippen molar-refractivity contribution in [2.24, 2.45) is 0 Å². The molecule has 0 saturated carbocycles. The van der Waals surface area contributed by atoms with Crippen LogP contribution in [0.3, 0.4) is 0 Å². The Kier molecular flexibility index (Phi) is 1.65. The van der Waals surface area contributed by atoms with Crippen LogP contribution in [0, 0.1) is 13.3 Å². The van der Waals surface area contributed by atoms with Gasteiger partial charge in [-0.25, -0.2) is 0 Å². The van der Waals surface area contributed by atoms with Crippen molar-refractivity contribution in [2.75, 3.05) is 0 Å². The summed E-state index contributed by atoms with van der Waals surface area (Å²) in [6.07, 6.45) is 4.16. The normalized spacial score (nSPS) is 10.8. The number of aromatic nitrogens is 1. The van der Waals surface area contributed by atoms with Crippen LogP contribution in [0.1, 0.15) is 18.1 Å². The standard InChI is InChI=1S/C11H12N/c1-3-9-7-12-11-6-8(2)4-5-10(9)11/h3-7,12H,1-2H3. The van der Waals surface area contributed by atoms with E-state index in [9.17, 15) is 0 Å². The van der Waals surface area contributed by atoms with E-state index < -0.39 is 0 Å². The van der Waals surface area contributed by atoms with E-state index in [2.05, 4.69) is 43.5 Å². The van der Waals surface area contributed by atoms with Gasteiger partial charge in [0.2, 0.25) is 0 Å². The predicted octanol–water partition coefficient (Wildman–Crippen LogP) is 3.05. The SMILES string of the molecule is C[CH]c1c[nH]c2cc(C)ccc12. The molecule has 2 aromatic rings. The first kappa shape index (κ1) is 7.41. The van der Waals surface area contributed by atoms with E-state index in [1.54, 1.807) is 0 Å². The number of aryl methyl sites for hydroxylation is 1. The Morgan fingerprint density at radius 2 is 2.17 bits per heavy atom. The van der Waals surface area contributed by atoms with E-state index in [-0.39, 0.29) is 0 Å². The second kappa shape index (κ2) is 2.67. The molecular formula is C11H12N. The lowest BCUT2D eigenvalue weighted by molar-refractivity contribution is 1.40. The molecule has 1 aromatic carbocycles. The summed E-state index contributed by atoms with van der Waals surface area (Å²) in [4.78, 5) is 3.25. The highest BCUT2D eigenvalue weighted by Crippen LogP contribution is 2.20. The van der Waals surface area contributed by atoms with Crippen LogP contribution in [0.15, 0.2) is 24.4 Å². The number of H-pyrrole nitrogens is 1. The number of aromatic amines is 1. The van der Waals surface area contributed by atoms with Crippen molar-refractivity contribution in [3.63, 3.8) is 0 Å². The summed E-state index contributed by atoms with van der Waals surface area (Å²) in [5.74, 6) is 0. The van der Waals surface area contributed by atoms with Crippen LogP contribution in [-0.4, -0.2) is 4.98 Å². The number of hydrogen-bond donors (Lipinski definition) is 1. The van der Waals surface area contributed by atoms with Crippen LogP contribution in [0.25, 0.3) is 10.9 Å². The topological polar surface area (TPSA) is 15.8 Å². The van der Waals surface area contributed by atoms with Gasteiger partial charge in [0.05, 0.1) is 0 Å². The van der Waals surface area contributed by atoms with E-state index in [0.717, 1.165) is 0 Å². The van der Waals surface area contributed by atoms with Gasteiger partial charge in [0.1, 0.15) is 0 Å². The maximum atomic E-state index is 3.25. The summed E-state index contributed by atoms with van der Waals surface area (Å²) in [6, 6.07) is 6.47. The van der Waals surface area contributed by atoms with Crippen molar-refractivity contribution in [1.82, 2.24) is 4.98 Å². The zero-order valence-corrected chi connectivity index (χ0v) is 7.39. The van der Waals surface area contributed by atoms with Crippen LogP contribution in [0.4, 0.5) is 0 Å². The maximum absolute atomic E-state index is 3.25. The van der Waals surface area contributed by atoms with Crippen molar-refractivity contribution in [2.45, 2.75) is 13.8 Å². The smallest absolute Gasteiger partial charge is 0.0459 e. The second-order valence-electron chi connectivity index (χ2n) is 3.08. The molecule has 0 unspecified atom stereocenters. The minimum absolute atomic E-state index is 1.23. The third-order valence-corrected chi connectivity index (χ3v) is 2.18. The lowest BCUT2D eigenvalue weighted by atomic mass is 10.1. The summed E-state index contributed by atoms with van der Waals surface area (Å²) in [5, 5.41) is 1.31. The molecule has 0 amide bonds. The molecule has 2 rings (SSSR count). The Labute approximate surface area is 72.4 Å². The molecule has 1 heteroatoms. The van der Waals surface area contributed by atoms with Gasteiger partial charge in [-0.15, -0.1) is 0 Å². The van der Waals surface area contributed by atoms with Crippen LogP contribution in [0.2, 0.25) is 0 Å². The molecule has 1 aromatic heterocycles. The molecule has 0 aliphatic heterocycles. The van der Waals surface area contributed by atoms with E-state index in [0.29, 0.717) is 0 Å². The van der Waals surface area contributed by atoms with Gasteiger partial charge in [-0.1, -0.05) is 19.1 Å². The first-order valence-electron chi connectivity index (χ1n) is 4.18. The van der Waals surface area contributed by atoms with Crippen LogP contribution in [-0.2, 0) is 0 Å². The van der Waals surface area contributed by atoms with Crippen LogP contribution < -0.4 is 0 Å². The van der Waals surface area contributed by atoms with Crippen molar-refractivity contribution in [1.29, 1.82) is 0 Å². The summed E-state index contributed by atoms with van der Waals surface area (Å²) < 4.78 is 0. The van der Waals surface area contributed by atoms with Crippen LogP contribution in [0.5, 0.6) is 0 Å². The average molecular weight is 158 g/mol. The van der Waals surface area contributed by atoms with Crippen LogP contribution >= 0.6 is 0 Å². The molecule has 1 N–H and O–H groups in total. The number of rotatable bonds is 1. The number of nitrogens with one attached hydrogen (secondary N) is 1. The predicted molar refractivity (Wildman–Crippen MR) is 52.1 cm³/mol. The van der Waals surface area contributed by atoms with E-state index in [4.69, 9.17) is 0 Å². The molecule has 0 aliphatic carbocycles. The number of fused-ring (bicyclic) bond motifs is 1. The highest BCUT2D eigenvalue weighted by atomic mass is 14.7. The van der Waals surface area contributed by atoms with Gasteiger partial charge in [-0.05, 0) is 30.5 Å². The highest BCUT2D eigenvalue weighted by Gasteiger charge is 2.00. The molecule has 0 fully saturated rings. The average Bonchev–Trinajstić information content (AvgIpc) is 2.46. The number of benzene rings is 1. The minimum Gasteiger partial charge on any atom is -0.361 e. The lowest BCUT2D eigenvalue weighted by Crippen LogP contribution is -1.74. The zero-order chi connectivity index (χ0) is 8.55. The Bertz CT molecular complexity index is 398. The Morgan fingerprint density at radius 1 is 1.33 bits per heavy atom.